The fraction of sp³-hybridized carbons (Fsp3) is 0.889. The molecule has 0 aromatic heterocycles. The molecule has 0 heterocycles. The molecule has 10 nitrogen and oxygen atoms in total. The van der Waals surface area contributed by atoms with Crippen LogP contribution in [-0.2, 0) is 19.2 Å². The van der Waals surface area contributed by atoms with Crippen LogP contribution < -0.4 is 0 Å². The first-order chi connectivity index (χ1) is 22.0. The summed E-state index contributed by atoms with van der Waals surface area (Å²) in [6, 6.07) is 0. The zero-order valence-electron chi connectivity index (χ0n) is 30.1. The van der Waals surface area contributed by atoms with E-state index in [1.165, 1.54) is 77.0 Å². The van der Waals surface area contributed by atoms with Crippen LogP contribution in [0.15, 0.2) is 0 Å². The van der Waals surface area contributed by atoms with Crippen molar-refractivity contribution >= 4 is 23.9 Å². The van der Waals surface area contributed by atoms with Gasteiger partial charge in [-0.25, -0.2) is 0 Å². The molecule has 0 aliphatic rings. The molecule has 0 aromatic carbocycles. The Labute approximate surface area is 281 Å². The lowest BCUT2D eigenvalue weighted by molar-refractivity contribution is -0.138. The Bertz CT molecular complexity index is 512. The van der Waals surface area contributed by atoms with Gasteiger partial charge in [0.1, 0.15) is 0 Å². The first kappa shape index (κ1) is 53.3. The van der Waals surface area contributed by atoms with Gasteiger partial charge in [0.15, 0.2) is 0 Å². The Kier molecular flexibility index (Phi) is 60.6. The molecule has 0 spiro atoms. The van der Waals surface area contributed by atoms with Crippen molar-refractivity contribution < 1.29 is 49.8 Å². The zero-order chi connectivity index (χ0) is 36.1. The second-order valence-corrected chi connectivity index (χ2v) is 11.4. The van der Waals surface area contributed by atoms with E-state index in [2.05, 4.69) is 27.7 Å². The molecule has 6 N–H and O–H groups in total. The van der Waals surface area contributed by atoms with E-state index in [4.69, 9.17) is 30.6 Å². The van der Waals surface area contributed by atoms with Gasteiger partial charge < -0.3 is 30.6 Å². The van der Waals surface area contributed by atoms with E-state index < -0.39 is 23.9 Å². The van der Waals surface area contributed by atoms with E-state index in [0.717, 1.165) is 64.2 Å². The molecule has 0 aromatic rings. The van der Waals surface area contributed by atoms with Crippen molar-refractivity contribution in [3.63, 3.8) is 0 Å². The molecule has 278 valence electrons. The number of aliphatic hydroxyl groups excluding tert-OH is 2. The summed E-state index contributed by atoms with van der Waals surface area (Å²) in [6.45, 7) is 8.99. The number of hydrogen-bond donors (Lipinski definition) is 6. The second-order valence-electron chi connectivity index (χ2n) is 11.4. The first-order valence-corrected chi connectivity index (χ1v) is 18.1. The Morgan fingerprint density at radius 1 is 0.304 bits per heavy atom. The van der Waals surface area contributed by atoms with Crippen LogP contribution in [0.5, 0.6) is 0 Å². The van der Waals surface area contributed by atoms with Crippen molar-refractivity contribution in [3.8, 4) is 0 Å². The predicted octanol–water partition coefficient (Wildman–Crippen LogP) is 9.48. The molecular weight excluding hydrogens is 592 g/mol. The third kappa shape index (κ3) is 83.9. The van der Waals surface area contributed by atoms with Gasteiger partial charge in [0.2, 0.25) is 0 Å². The Balaban J connectivity index is -0.000000154. The third-order valence-electron chi connectivity index (χ3n) is 6.54. The highest BCUT2D eigenvalue weighted by molar-refractivity contribution is 5.67. The largest absolute Gasteiger partial charge is 0.481 e. The normalized spacial score (nSPS) is 9.61. The number of rotatable bonds is 27. The fourth-order valence-corrected chi connectivity index (χ4v) is 3.74. The van der Waals surface area contributed by atoms with Gasteiger partial charge in [-0.3, -0.25) is 19.2 Å². The third-order valence-corrected chi connectivity index (χ3v) is 6.54. The molecule has 0 unspecified atom stereocenters. The molecule has 0 saturated heterocycles. The summed E-state index contributed by atoms with van der Waals surface area (Å²) in [5.41, 5.74) is 0. The standard InChI is InChI=1S/4C8H16O2.C4H10O2/c4*1-2-3-4-5-6-7-8(9)10;5-3-1-2-4-6/h4*2-7H2,1H3,(H,9,10);5-6H,1-4H2. The van der Waals surface area contributed by atoms with Crippen LogP contribution >= 0.6 is 0 Å². The number of carboxylic acid groups (broad SMARTS) is 4. The molecule has 46 heavy (non-hydrogen) atoms. The summed E-state index contributed by atoms with van der Waals surface area (Å²) in [6.07, 6.45) is 25.0. The lowest BCUT2D eigenvalue weighted by Gasteiger charge is -1.95. The van der Waals surface area contributed by atoms with Crippen LogP contribution in [0.3, 0.4) is 0 Å². The van der Waals surface area contributed by atoms with Gasteiger partial charge in [-0.05, 0) is 38.5 Å². The molecule has 0 aliphatic carbocycles. The van der Waals surface area contributed by atoms with Crippen LogP contribution in [0, 0.1) is 0 Å². The summed E-state index contributed by atoms with van der Waals surface area (Å²) < 4.78 is 0. The van der Waals surface area contributed by atoms with Gasteiger partial charge in [-0.15, -0.1) is 0 Å². The van der Waals surface area contributed by atoms with E-state index in [1.807, 2.05) is 0 Å². The van der Waals surface area contributed by atoms with E-state index in [1.54, 1.807) is 0 Å². The quantitative estimate of drug-likeness (QED) is 0.0460. The monoisotopic (exact) mass is 667 g/mol. The van der Waals surface area contributed by atoms with Gasteiger partial charge in [-0.2, -0.15) is 0 Å². The van der Waals surface area contributed by atoms with Gasteiger partial charge in [0.05, 0.1) is 0 Å². The molecule has 0 fully saturated rings. The number of aliphatic hydroxyl groups is 2. The van der Waals surface area contributed by atoms with Crippen molar-refractivity contribution in [2.24, 2.45) is 0 Å². The first-order valence-electron chi connectivity index (χ1n) is 18.1. The van der Waals surface area contributed by atoms with E-state index in [-0.39, 0.29) is 13.2 Å². The molecule has 0 radical (unpaired) electrons. The van der Waals surface area contributed by atoms with Crippen molar-refractivity contribution in [2.75, 3.05) is 13.2 Å². The minimum absolute atomic E-state index is 0.195. The minimum Gasteiger partial charge on any atom is -0.481 e. The van der Waals surface area contributed by atoms with Crippen molar-refractivity contribution in [3.05, 3.63) is 0 Å². The maximum Gasteiger partial charge on any atom is 0.303 e. The number of unbranched alkanes of at least 4 members (excludes halogenated alkanes) is 17. The Hall–Kier alpha value is -2.20. The van der Waals surface area contributed by atoms with Gasteiger partial charge in [0, 0.05) is 38.9 Å². The number of carbonyl (C=O) groups is 4. The lowest BCUT2D eigenvalue weighted by Crippen LogP contribution is -1.93. The van der Waals surface area contributed by atoms with Gasteiger partial charge in [0.25, 0.3) is 0 Å². The summed E-state index contributed by atoms with van der Waals surface area (Å²) in [7, 11) is 0. The van der Waals surface area contributed by atoms with Crippen LogP contribution in [0.25, 0.3) is 0 Å². The van der Waals surface area contributed by atoms with Crippen LogP contribution in [0.1, 0.15) is 195 Å². The summed E-state index contributed by atoms with van der Waals surface area (Å²) in [5, 5.41) is 49.3. The molecule has 0 atom stereocenters. The average molecular weight is 667 g/mol. The summed E-state index contributed by atoms with van der Waals surface area (Å²) in [4.78, 5) is 40.1. The van der Waals surface area contributed by atoms with E-state index >= 15 is 0 Å². The van der Waals surface area contributed by atoms with Gasteiger partial charge in [-0.1, -0.05) is 130 Å². The van der Waals surface area contributed by atoms with E-state index in [9.17, 15) is 19.2 Å². The lowest BCUT2D eigenvalue weighted by atomic mass is 10.1. The topological polar surface area (TPSA) is 190 Å². The highest BCUT2D eigenvalue weighted by Crippen LogP contribution is 2.06. The molecule has 0 saturated carbocycles. The number of hydrogen-bond acceptors (Lipinski definition) is 6. The molecule has 0 aliphatic heterocycles. The van der Waals surface area contributed by atoms with Crippen molar-refractivity contribution in [2.45, 2.75) is 195 Å². The highest BCUT2D eigenvalue weighted by atomic mass is 16.4. The SMILES string of the molecule is CCCCCCCC(=O)O.CCCCCCCC(=O)O.CCCCCCCC(=O)O.CCCCCCCC(=O)O.OCCCCO. The number of carboxylic acids is 4. The van der Waals surface area contributed by atoms with Crippen LogP contribution in [0.4, 0.5) is 0 Å². The highest BCUT2D eigenvalue weighted by Gasteiger charge is 1.97. The zero-order valence-corrected chi connectivity index (χ0v) is 30.1. The Morgan fingerprint density at radius 3 is 0.609 bits per heavy atom. The molecule has 0 amide bonds. The molecular formula is C36H74O10. The second kappa shape index (κ2) is 52.3. The maximum atomic E-state index is 10.0. The minimum atomic E-state index is -0.670. The van der Waals surface area contributed by atoms with Crippen LogP contribution in [-0.4, -0.2) is 67.7 Å². The fourth-order valence-electron chi connectivity index (χ4n) is 3.74. The molecule has 0 bridgehead atoms. The molecule has 10 heteroatoms. The summed E-state index contributed by atoms with van der Waals surface area (Å²) >= 11 is 0. The smallest absolute Gasteiger partial charge is 0.303 e. The summed E-state index contributed by atoms with van der Waals surface area (Å²) in [5.74, 6) is -2.68. The van der Waals surface area contributed by atoms with Crippen molar-refractivity contribution in [1.29, 1.82) is 0 Å². The molecule has 0 rings (SSSR count). The average Bonchev–Trinajstić information content (AvgIpc) is 3.00. The van der Waals surface area contributed by atoms with Crippen molar-refractivity contribution in [1.82, 2.24) is 0 Å². The van der Waals surface area contributed by atoms with Gasteiger partial charge >= 0.3 is 23.9 Å². The van der Waals surface area contributed by atoms with E-state index in [0.29, 0.717) is 25.7 Å². The predicted molar refractivity (Wildman–Crippen MR) is 187 cm³/mol. The number of aliphatic carboxylic acids is 4. The maximum absolute atomic E-state index is 10.0. The Morgan fingerprint density at radius 2 is 0.478 bits per heavy atom. The van der Waals surface area contributed by atoms with Crippen LogP contribution in [0.2, 0.25) is 0 Å².